The first-order chi connectivity index (χ1) is 10.1. The molecule has 0 radical (unpaired) electrons. The number of benzene rings is 1. The normalized spacial score (nSPS) is 17.4. The van der Waals surface area contributed by atoms with E-state index in [1.165, 1.54) is 0 Å². The van der Waals surface area contributed by atoms with Gasteiger partial charge in [-0.05, 0) is 26.1 Å². The van der Waals surface area contributed by atoms with Crippen molar-refractivity contribution in [3.05, 3.63) is 29.8 Å². The number of para-hydroxylation sites is 1. The summed E-state index contributed by atoms with van der Waals surface area (Å²) in [6.45, 7) is 6.88. The number of hydrogen-bond donors (Lipinski definition) is 0. The Labute approximate surface area is 138 Å². The first-order valence-corrected chi connectivity index (χ1v) is 7.35. The molecule has 1 aromatic carbocycles. The van der Waals surface area contributed by atoms with Crippen molar-refractivity contribution < 1.29 is 26.7 Å². The second kappa shape index (κ2) is 8.98. The number of halogens is 1. The van der Waals surface area contributed by atoms with Crippen LogP contribution in [0, 0.1) is 0 Å². The highest BCUT2D eigenvalue weighted by molar-refractivity contribution is 5.92. The fourth-order valence-electron chi connectivity index (χ4n) is 2.49. The van der Waals surface area contributed by atoms with Gasteiger partial charge in [-0.1, -0.05) is 12.1 Å². The number of hydrogen-bond acceptors (Lipinski definition) is 5. The summed E-state index contributed by atoms with van der Waals surface area (Å²) >= 11 is 0. The number of esters is 1. The monoisotopic (exact) mass is 327 g/mol. The highest BCUT2D eigenvalue weighted by Crippen LogP contribution is 2.19. The van der Waals surface area contributed by atoms with Gasteiger partial charge in [0.15, 0.2) is 0 Å². The van der Waals surface area contributed by atoms with Gasteiger partial charge in [0.2, 0.25) is 0 Å². The minimum atomic E-state index is -0.325. The molecule has 1 aliphatic rings. The molecule has 1 fully saturated rings. The summed E-state index contributed by atoms with van der Waals surface area (Å²) in [5, 5.41) is 0. The Morgan fingerprint density at radius 2 is 1.86 bits per heavy atom. The van der Waals surface area contributed by atoms with Crippen LogP contribution in [0.4, 0.5) is 0 Å². The lowest BCUT2D eigenvalue weighted by Gasteiger charge is -2.33. The van der Waals surface area contributed by atoms with Crippen LogP contribution in [-0.4, -0.2) is 68.8 Å². The Hall–Kier alpha value is -1.30. The second-order valence-electron chi connectivity index (χ2n) is 5.52. The maximum Gasteiger partial charge on any atom is 0.342 e. The van der Waals surface area contributed by atoms with E-state index in [4.69, 9.17) is 9.47 Å². The summed E-state index contributed by atoms with van der Waals surface area (Å²) < 4.78 is 10.7. The molecule has 124 valence electrons. The van der Waals surface area contributed by atoms with Crippen LogP contribution in [0.3, 0.4) is 0 Å². The van der Waals surface area contributed by atoms with Gasteiger partial charge in [0.05, 0.1) is 7.11 Å². The summed E-state index contributed by atoms with van der Waals surface area (Å²) in [5.41, 5.74) is 0.477. The average molecular weight is 328 g/mol. The minimum absolute atomic E-state index is 0. The van der Waals surface area contributed by atoms with Gasteiger partial charge in [-0.15, -0.1) is 0 Å². The number of piperazine rings is 1. The Balaban J connectivity index is 0.00000242. The molecule has 0 aliphatic carbocycles. The lowest BCUT2D eigenvalue weighted by molar-refractivity contribution is -0.0000492. The third kappa shape index (κ3) is 5.16. The molecule has 1 heterocycles. The summed E-state index contributed by atoms with van der Waals surface area (Å²) in [7, 11) is 3.68. The van der Waals surface area contributed by atoms with E-state index < -0.39 is 0 Å². The van der Waals surface area contributed by atoms with Crippen LogP contribution in [0.2, 0.25) is 0 Å². The minimum Gasteiger partial charge on any atom is -1.00 e. The van der Waals surface area contributed by atoms with Crippen molar-refractivity contribution in [3.63, 3.8) is 0 Å². The molecule has 5 nitrogen and oxygen atoms in total. The summed E-state index contributed by atoms with van der Waals surface area (Å²) in [6, 6.07) is 7.14. The van der Waals surface area contributed by atoms with Crippen LogP contribution >= 0.6 is 0 Å². The molecule has 1 unspecified atom stereocenters. The molecule has 1 aromatic rings. The molecule has 0 bridgehead atoms. The molecule has 1 saturated heterocycles. The van der Waals surface area contributed by atoms with Gasteiger partial charge in [0.25, 0.3) is 0 Å². The van der Waals surface area contributed by atoms with Crippen molar-refractivity contribution in [1.29, 1.82) is 0 Å². The quantitative estimate of drug-likeness (QED) is 0.615. The van der Waals surface area contributed by atoms with E-state index in [2.05, 4.69) is 16.8 Å². The van der Waals surface area contributed by atoms with E-state index in [-0.39, 0.29) is 24.5 Å². The van der Waals surface area contributed by atoms with Gasteiger partial charge in [-0.25, -0.2) is 4.79 Å². The zero-order valence-electron chi connectivity index (χ0n) is 13.4. The number of carbonyl (C=O) groups is 1. The van der Waals surface area contributed by atoms with Crippen molar-refractivity contribution in [3.8, 4) is 5.75 Å². The van der Waals surface area contributed by atoms with E-state index in [0.717, 1.165) is 32.7 Å². The molecule has 6 heteroatoms. The highest BCUT2D eigenvalue weighted by Gasteiger charge is 2.20. The molecule has 0 saturated carbocycles. The molecule has 0 N–H and O–H groups in total. The standard InChI is InChI=1S/C16H24N2O3.ClH/c1-13(12-18-10-8-17(2)9-11-18)21-16(19)14-6-4-5-7-15(14)20-3;/h4-7,13H,8-12H2,1-3H3;1H/p-1. The molecular weight excluding hydrogens is 304 g/mol. The van der Waals surface area contributed by atoms with Crippen LogP contribution in [0.15, 0.2) is 24.3 Å². The third-order valence-electron chi connectivity index (χ3n) is 3.75. The number of rotatable bonds is 5. The van der Waals surface area contributed by atoms with Crippen molar-refractivity contribution in [2.45, 2.75) is 13.0 Å². The zero-order chi connectivity index (χ0) is 15.2. The largest absolute Gasteiger partial charge is 1.00 e. The number of methoxy groups -OCH3 is 1. The van der Waals surface area contributed by atoms with E-state index in [0.29, 0.717) is 11.3 Å². The van der Waals surface area contributed by atoms with Gasteiger partial charge in [0, 0.05) is 32.7 Å². The predicted octanol–water partition coefficient (Wildman–Crippen LogP) is -1.51. The number of carbonyl (C=O) groups excluding carboxylic acids is 1. The van der Waals surface area contributed by atoms with Gasteiger partial charge in [0.1, 0.15) is 17.4 Å². The Morgan fingerprint density at radius 1 is 1.23 bits per heavy atom. The maximum absolute atomic E-state index is 12.2. The van der Waals surface area contributed by atoms with Crippen LogP contribution < -0.4 is 17.1 Å². The second-order valence-corrected chi connectivity index (χ2v) is 5.52. The molecule has 1 atom stereocenters. The van der Waals surface area contributed by atoms with Crippen LogP contribution in [0.5, 0.6) is 5.75 Å². The van der Waals surface area contributed by atoms with Gasteiger partial charge in [-0.3, -0.25) is 4.90 Å². The van der Waals surface area contributed by atoms with Crippen molar-refractivity contribution in [2.75, 3.05) is 46.9 Å². The zero-order valence-corrected chi connectivity index (χ0v) is 14.2. The Morgan fingerprint density at radius 3 is 2.50 bits per heavy atom. The SMILES string of the molecule is COc1ccccc1C(=O)OC(C)CN1CCN(C)CC1.[Cl-]. The summed E-state index contributed by atoms with van der Waals surface area (Å²) in [6.07, 6.45) is -0.134. The number of nitrogens with zero attached hydrogens (tertiary/aromatic N) is 2. The molecular formula is C16H24ClN2O3-. The average Bonchev–Trinajstić information content (AvgIpc) is 2.49. The fourth-order valence-corrected chi connectivity index (χ4v) is 2.49. The summed E-state index contributed by atoms with van der Waals surface area (Å²) in [4.78, 5) is 16.8. The smallest absolute Gasteiger partial charge is 0.342 e. The van der Waals surface area contributed by atoms with Crippen LogP contribution in [0.1, 0.15) is 17.3 Å². The first kappa shape index (κ1) is 18.7. The van der Waals surface area contributed by atoms with E-state index in [9.17, 15) is 4.79 Å². The molecule has 1 aliphatic heterocycles. The predicted molar refractivity (Wildman–Crippen MR) is 81.8 cm³/mol. The lowest BCUT2D eigenvalue weighted by Crippen LogP contribution is -3.00. The fraction of sp³-hybridized carbons (Fsp3) is 0.562. The van der Waals surface area contributed by atoms with Crippen LogP contribution in [-0.2, 0) is 4.74 Å². The van der Waals surface area contributed by atoms with Gasteiger partial charge in [-0.2, -0.15) is 0 Å². The first-order valence-electron chi connectivity index (χ1n) is 7.35. The van der Waals surface area contributed by atoms with E-state index in [1.54, 1.807) is 19.2 Å². The number of ether oxygens (including phenoxy) is 2. The van der Waals surface area contributed by atoms with E-state index >= 15 is 0 Å². The van der Waals surface area contributed by atoms with Gasteiger partial charge >= 0.3 is 5.97 Å². The molecule has 0 spiro atoms. The Kier molecular flexibility index (Phi) is 7.65. The van der Waals surface area contributed by atoms with Crippen LogP contribution in [0.25, 0.3) is 0 Å². The molecule has 0 aromatic heterocycles. The van der Waals surface area contributed by atoms with Crippen molar-refractivity contribution in [2.24, 2.45) is 0 Å². The topological polar surface area (TPSA) is 42.0 Å². The van der Waals surface area contributed by atoms with E-state index in [1.807, 2.05) is 19.1 Å². The Bertz CT molecular complexity index is 476. The van der Waals surface area contributed by atoms with Crippen molar-refractivity contribution >= 4 is 5.97 Å². The maximum atomic E-state index is 12.2. The molecule has 22 heavy (non-hydrogen) atoms. The molecule has 0 amide bonds. The lowest BCUT2D eigenvalue weighted by atomic mass is 10.2. The number of likely N-dealkylation sites (N-methyl/N-ethyl adjacent to an activating group) is 1. The summed E-state index contributed by atoms with van der Waals surface area (Å²) in [5.74, 6) is 0.225. The molecule has 2 rings (SSSR count). The van der Waals surface area contributed by atoms with Gasteiger partial charge < -0.3 is 26.8 Å². The highest BCUT2D eigenvalue weighted by atomic mass is 35.5. The van der Waals surface area contributed by atoms with Crippen molar-refractivity contribution in [1.82, 2.24) is 9.80 Å². The third-order valence-corrected chi connectivity index (χ3v) is 3.75.